The van der Waals surface area contributed by atoms with Crippen molar-refractivity contribution in [2.45, 2.75) is 40.0 Å². The van der Waals surface area contributed by atoms with Crippen LogP contribution in [0.25, 0.3) is 5.57 Å². The summed E-state index contributed by atoms with van der Waals surface area (Å²) in [4.78, 5) is 0. The van der Waals surface area contributed by atoms with Crippen molar-refractivity contribution in [1.82, 2.24) is 0 Å². The Labute approximate surface area is 94.0 Å². The first-order valence-corrected chi connectivity index (χ1v) is 5.62. The molecule has 0 N–H and O–H groups in total. The summed E-state index contributed by atoms with van der Waals surface area (Å²) in [6.07, 6.45) is 0. The van der Waals surface area contributed by atoms with E-state index in [1.54, 1.807) is 0 Å². The lowest BCUT2D eigenvalue weighted by molar-refractivity contribution is 0.372. The molecule has 82 valence electrons. The molecule has 0 unspecified atom stereocenters. The van der Waals surface area contributed by atoms with E-state index in [4.69, 9.17) is 0 Å². The predicted octanol–water partition coefficient (Wildman–Crippen LogP) is 4.65. The predicted molar refractivity (Wildman–Crippen MR) is 69.0 cm³/mol. The normalized spacial score (nSPS) is 11.9. The van der Waals surface area contributed by atoms with Crippen molar-refractivity contribution >= 4 is 5.57 Å². The summed E-state index contributed by atoms with van der Waals surface area (Å²) < 4.78 is 0. The Morgan fingerprint density at radius 3 is 2.33 bits per heavy atom. The van der Waals surface area contributed by atoms with Gasteiger partial charge in [0.25, 0.3) is 0 Å². The lowest BCUT2D eigenvalue weighted by Gasteiger charge is -2.30. The van der Waals surface area contributed by atoms with Crippen molar-refractivity contribution in [3.05, 3.63) is 42.0 Å². The maximum atomic E-state index is 3.99. The lowest BCUT2D eigenvalue weighted by Crippen LogP contribution is -2.24. The molecule has 0 bridgehead atoms. The van der Waals surface area contributed by atoms with E-state index in [1.807, 2.05) is 0 Å². The lowest BCUT2D eigenvalue weighted by atomic mass is 9.75. The summed E-state index contributed by atoms with van der Waals surface area (Å²) in [5, 5.41) is 0. The molecule has 1 rings (SSSR count). The van der Waals surface area contributed by atoms with Crippen LogP contribution in [0.3, 0.4) is 0 Å². The summed E-state index contributed by atoms with van der Waals surface area (Å²) in [5.74, 6) is 0.637. The van der Waals surface area contributed by atoms with Crippen LogP contribution in [0.4, 0.5) is 0 Å². The van der Waals surface area contributed by atoms with Crippen LogP contribution in [-0.4, -0.2) is 0 Å². The second-order valence-corrected chi connectivity index (χ2v) is 5.24. The maximum Gasteiger partial charge on any atom is -0.00804 e. The van der Waals surface area contributed by atoms with Crippen molar-refractivity contribution in [1.29, 1.82) is 0 Å². The van der Waals surface area contributed by atoms with Gasteiger partial charge in [-0.2, -0.15) is 0 Å². The Morgan fingerprint density at radius 2 is 1.87 bits per heavy atom. The molecule has 1 aromatic rings. The van der Waals surface area contributed by atoms with Crippen molar-refractivity contribution in [3.8, 4) is 0 Å². The zero-order valence-corrected chi connectivity index (χ0v) is 10.6. The van der Waals surface area contributed by atoms with Gasteiger partial charge in [0.05, 0.1) is 0 Å². The zero-order valence-electron chi connectivity index (χ0n) is 10.6. The highest BCUT2D eigenvalue weighted by molar-refractivity contribution is 5.62. The average molecular weight is 202 g/mol. The van der Waals surface area contributed by atoms with E-state index < -0.39 is 0 Å². The fraction of sp³-hybridized carbons (Fsp3) is 0.467. The third-order valence-corrected chi connectivity index (χ3v) is 3.54. The summed E-state index contributed by atoms with van der Waals surface area (Å²) >= 11 is 0. The molecule has 0 nitrogen and oxygen atoms in total. The third-order valence-electron chi connectivity index (χ3n) is 3.54. The molecule has 0 saturated heterocycles. The van der Waals surface area contributed by atoms with E-state index >= 15 is 0 Å². The van der Waals surface area contributed by atoms with Gasteiger partial charge in [-0.05, 0) is 29.4 Å². The van der Waals surface area contributed by atoms with Crippen LogP contribution in [-0.2, 0) is 5.41 Å². The van der Waals surface area contributed by atoms with Crippen LogP contribution in [0.1, 0.15) is 45.7 Å². The molecule has 0 atom stereocenters. The number of hydrogen-bond acceptors (Lipinski definition) is 0. The summed E-state index contributed by atoms with van der Waals surface area (Å²) in [6.45, 7) is 15.2. The zero-order chi connectivity index (χ0) is 11.6. The summed E-state index contributed by atoms with van der Waals surface area (Å²) in [5.41, 5.74) is 4.02. The van der Waals surface area contributed by atoms with Crippen LogP contribution < -0.4 is 0 Å². The number of hydrogen-bond donors (Lipinski definition) is 0. The Bertz CT molecular complexity index is 356. The van der Waals surface area contributed by atoms with Crippen LogP contribution >= 0.6 is 0 Å². The molecular formula is C15H22. The van der Waals surface area contributed by atoms with Gasteiger partial charge in [-0.3, -0.25) is 0 Å². The van der Waals surface area contributed by atoms with Gasteiger partial charge < -0.3 is 0 Å². The first-order chi connectivity index (χ1) is 6.85. The molecule has 0 heterocycles. The largest absolute Gasteiger partial charge is 0.0955 e. The van der Waals surface area contributed by atoms with Gasteiger partial charge in [0.2, 0.25) is 0 Å². The summed E-state index contributed by atoms with van der Waals surface area (Å²) in [6, 6.07) is 8.74. The second kappa shape index (κ2) is 4.22. The molecule has 0 spiro atoms. The highest BCUT2D eigenvalue weighted by atomic mass is 14.3. The van der Waals surface area contributed by atoms with Gasteiger partial charge in [0, 0.05) is 0 Å². The molecule has 0 fully saturated rings. The minimum absolute atomic E-state index is 0.228. The van der Waals surface area contributed by atoms with E-state index in [0.29, 0.717) is 5.92 Å². The van der Waals surface area contributed by atoms with Gasteiger partial charge >= 0.3 is 0 Å². The van der Waals surface area contributed by atoms with Crippen LogP contribution in [0.5, 0.6) is 0 Å². The quantitative estimate of drug-likeness (QED) is 0.669. The van der Waals surface area contributed by atoms with E-state index in [-0.39, 0.29) is 5.41 Å². The molecule has 0 aliphatic heterocycles. The monoisotopic (exact) mass is 202 g/mol. The van der Waals surface area contributed by atoms with Crippen LogP contribution in [0.2, 0.25) is 0 Å². The van der Waals surface area contributed by atoms with Crippen molar-refractivity contribution in [2.75, 3.05) is 0 Å². The Morgan fingerprint density at radius 1 is 1.27 bits per heavy atom. The average Bonchev–Trinajstić information content (AvgIpc) is 2.17. The van der Waals surface area contributed by atoms with Crippen LogP contribution in [0.15, 0.2) is 30.8 Å². The minimum Gasteiger partial charge on any atom is -0.0955 e. The van der Waals surface area contributed by atoms with E-state index in [2.05, 4.69) is 65.5 Å². The molecular weight excluding hydrogens is 180 g/mol. The topological polar surface area (TPSA) is 0 Å². The second-order valence-electron chi connectivity index (χ2n) is 5.24. The number of rotatable bonds is 3. The fourth-order valence-electron chi connectivity index (χ4n) is 1.52. The van der Waals surface area contributed by atoms with Gasteiger partial charge in [-0.25, -0.2) is 0 Å². The molecule has 0 aromatic heterocycles. The third kappa shape index (κ3) is 2.50. The van der Waals surface area contributed by atoms with Crippen molar-refractivity contribution in [2.24, 2.45) is 5.92 Å². The van der Waals surface area contributed by atoms with Crippen molar-refractivity contribution in [3.63, 3.8) is 0 Å². The SMILES string of the molecule is C=C(C)c1cccc(C(C)(C)C(C)C)c1. The highest BCUT2D eigenvalue weighted by Crippen LogP contribution is 2.32. The van der Waals surface area contributed by atoms with Crippen molar-refractivity contribution < 1.29 is 0 Å². The first-order valence-electron chi connectivity index (χ1n) is 5.62. The fourth-order valence-corrected chi connectivity index (χ4v) is 1.52. The van der Waals surface area contributed by atoms with Gasteiger partial charge in [-0.15, -0.1) is 0 Å². The molecule has 0 aliphatic carbocycles. The Balaban J connectivity index is 3.16. The Kier molecular flexibility index (Phi) is 3.38. The molecule has 0 saturated carbocycles. The standard InChI is InChI=1S/C15H22/c1-11(2)13-8-7-9-14(10-13)15(5,6)12(3)4/h7-10,12H,1H2,2-6H3. The van der Waals surface area contributed by atoms with E-state index in [1.165, 1.54) is 11.1 Å². The number of benzene rings is 1. The molecule has 15 heavy (non-hydrogen) atoms. The van der Waals surface area contributed by atoms with Gasteiger partial charge in [-0.1, -0.05) is 64.1 Å². The summed E-state index contributed by atoms with van der Waals surface area (Å²) in [7, 11) is 0. The molecule has 0 aliphatic rings. The van der Waals surface area contributed by atoms with E-state index in [0.717, 1.165) is 5.57 Å². The van der Waals surface area contributed by atoms with Gasteiger partial charge in [0.1, 0.15) is 0 Å². The minimum atomic E-state index is 0.228. The first kappa shape index (κ1) is 12.0. The smallest absolute Gasteiger partial charge is 0.00804 e. The highest BCUT2D eigenvalue weighted by Gasteiger charge is 2.24. The number of allylic oxidation sites excluding steroid dienone is 1. The van der Waals surface area contributed by atoms with Gasteiger partial charge in [0.15, 0.2) is 0 Å². The Hall–Kier alpha value is -1.04. The molecule has 1 aromatic carbocycles. The molecule has 0 radical (unpaired) electrons. The maximum absolute atomic E-state index is 3.99. The van der Waals surface area contributed by atoms with Crippen LogP contribution in [0, 0.1) is 5.92 Å². The molecule has 0 heteroatoms. The molecule has 0 amide bonds. The van der Waals surface area contributed by atoms with E-state index in [9.17, 15) is 0 Å².